The summed E-state index contributed by atoms with van der Waals surface area (Å²) in [7, 11) is 0. The van der Waals surface area contributed by atoms with E-state index in [9.17, 15) is 4.79 Å². The van der Waals surface area contributed by atoms with Crippen molar-refractivity contribution in [2.24, 2.45) is 0 Å². The minimum absolute atomic E-state index is 0.216. The molecule has 0 spiro atoms. The average Bonchev–Trinajstić information content (AvgIpc) is 2.48. The number of benzene rings is 1. The summed E-state index contributed by atoms with van der Waals surface area (Å²) in [6.45, 7) is 1.65. The molecule has 0 saturated heterocycles. The van der Waals surface area contributed by atoms with E-state index in [0.29, 0.717) is 22.0 Å². The molecule has 1 heterocycles. The summed E-state index contributed by atoms with van der Waals surface area (Å²) >= 11 is 6.01. The van der Waals surface area contributed by atoms with E-state index in [1.165, 1.54) is 0 Å². The predicted octanol–water partition coefficient (Wildman–Crippen LogP) is 2.64. The monoisotopic (exact) mass is 300 g/mol. The number of aliphatic hydroxyl groups excluding tert-OH is 1. The summed E-state index contributed by atoms with van der Waals surface area (Å²) in [6.07, 6.45) is 1.54. The second-order valence-corrected chi connectivity index (χ2v) is 4.71. The second kappa shape index (κ2) is 6.89. The summed E-state index contributed by atoms with van der Waals surface area (Å²) in [5.74, 6) is 5.39. The van der Waals surface area contributed by atoms with Gasteiger partial charge in [-0.3, -0.25) is 4.79 Å². The zero-order chi connectivity index (χ0) is 15.2. The van der Waals surface area contributed by atoms with Crippen LogP contribution < -0.4 is 5.32 Å². The van der Waals surface area contributed by atoms with Gasteiger partial charge >= 0.3 is 0 Å². The van der Waals surface area contributed by atoms with Gasteiger partial charge in [-0.2, -0.15) is 0 Å². The standard InChI is InChI=1S/C16H13ClN2O2/c1-11-4-5-13(10-14(11)17)16(21)19-15-9-12(3-2-8-20)6-7-18-15/h4-7,9-10,20H,8H2,1H3,(H,18,19,21). The van der Waals surface area contributed by atoms with Gasteiger partial charge in [0, 0.05) is 22.3 Å². The lowest BCUT2D eigenvalue weighted by Crippen LogP contribution is -2.13. The number of hydrogen-bond donors (Lipinski definition) is 2. The van der Waals surface area contributed by atoms with E-state index in [0.717, 1.165) is 5.56 Å². The van der Waals surface area contributed by atoms with Crippen LogP contribution in [0.2, 0.25) is 5.02 Å². The van der Waals surface area contributed by atoms with E-state index in [4.69, 9.17) is 16.7 Å². The highest BCUT2D eigenvalue weighted by Gasteiger charge is 2.08. The van der Waals surface area contributed by atoms with E-state index in [1.807, 2.05) is 6.92 Å². The fourth-order valence-corrected chi connectivity index (χ4v) is 1.82. The number of nitrogens with one attached hydrogen (secondary N) is 1. The average molecular weight is 301 g/mol. The zero-order valence-corrected chi connectivity index (χ0v) is 12.1. The first-order valence-corrected chi connectivity index (χ1v) is 6.61. The van der Waals surface area contributed by atoms with Gasteiger partial charge in [0.1, 0.15) is 12.4 Å². The van der Waals surface area contributed by atoms with Gasteiger partial charge in [-0.1, -0.05) is 29.5 Å². The van der Waals surface area contributed by atoms with Crippen LogP contribution in [-0.4, -0.2) is 22.6 Å². The highest BCUT2D eigenvalue weighted by molar-refractivity contribution is 6.31. The van der Waals surface area contributed by atoms with E-state index in [2.05, 4.69) is 22.1 Å². The van der Waals surface area contributed by atoms with Gasteiger partial charge in [0.15, 0.2) is 0 Å². The van der Waals surface area contributed by atoms with Crippen molar-refractivity contribution in [1.82, 2.24) is 4.98 Å². The Labute approximate surface area is 127 Å². The van der Waals surface area contributed by atoms with Crippen molar-refractivity contribution in [1.29, 1.82) is 0 Å². The number of pyridine rings is 1. The number of carbonyl (C=O) groups is 1. The van der Waals surface area contributed by atoms with Crippen LogP contribution in [0.5, 0.6) is 0 Å². The molecule has 1 aromatic carbocycles. The number of hydrogen-bond acceptors (Lipinski definition) is 3. The Kier molecular flexibility index (Phi) is 4.94. The van der Waals surface area contributed by atoms with Crippen LogP contribution in [0.15, 0.2) is 36.5 Å². The third-order valence-electron chi connectivity index (χ3n) is 2.75. The van der Waals surface area contributed by atoms with Crippen LogP contribution in [0.1, 0.15) is 21.5 Å². The van der Waals surface area contributed by atoms with Gasteiger partial charge < -0.3 is 10.4 Å². The van der Waals surface area contributed by atoms with Gasteiger partial charge in [0.05, 0.1) is 0 Å². The maximum absolute atomic E-state index is 12.1. The molecule has 2 aromatic rings. The third kappa shape index (κ3) is 4.06. The Morgan fingerprint density at radius 2 is 2.19 bits per heavy atom. The molecule has 0 fully saturated rings. The van der Waals surface area contributed by atoms with E-state index < -0.39 is 0 Å². The molecule has 4 nitrogen and oxygen atoms in total. The first kappa shape index (κ1) is 15.0. The summed E-state index contributed by atoms with van der Waals surface area (Å²) in [5.41, 5.74) is 2.03. The molecule has 0 bridgehead atoms. The number of amides is 1. The SMILES string of the molecule is Cc1ccc(C(=O)Nc2cc(C#CCO)ccn2)cc1Cl. The van der Waals surface area contributed by atoms with Crippen LogP contribution >= 0.6 is 11.6 Å². The fraction of sp³-hybridized carbons (Fsp3) is 0.125. The van der Waals surface area contributed by atoms with Crippen molar-refractivity contribution in [3.63, 3.8) is 0 Å². The zero-order valence-electron chi connectivity index (χ0n) is 11.4. The molecule has 106 valence electrons. The molecule has 0 radical (unpaired) electrons. The molecule has 5 heteroatoms. The van der Waals surface area contributed by atoms with Crippen molar-refractivity contribution in [3.8, 4) is 11.8 Å². The summed E-state index contributed by atoms with van der Waals surface area (Å²) in [6, 6.07) is 8.43. The predicted molar refractivity (Wildman–Crippen MR) is 82.3 cm³/mol. The van der Waals surface area contributed by atoms with Gasteiger partial charge in [0.2, 0.25) is 0 Å². The van der Waals surface area contributed by atoms with Gasteiger partial charge in [0.25, 0.3) is 5.91 Å². The van der Waals surface area contributed by atoms with Crippen LogP contribution in [0.3, 0.4) is 0 Å². The van der Waals surface area contributed by atoms with Crippen molar-refractivity contribution in [3.05, 3.63) is 58.2 Å². The Morgan fingerprint density at radius 1 is 1.38 bits per heavy atom. The van der Waals surface area contributed by atoms with Crippen molar-refractivity contribution < 1.29 is 9.90 Å². The first-order chi connectivity index (χ1) is 10.1. The highest BCUT2D eigenvalue weighted by Crippen LogP contribution is 2.17. The molecule has 0 aliphatic heterocycles. The smallest absolute Gasteiger partial charge is 0.256 e. The molecular weight excluding hydrogens is 288 g/mol. The number of aromatic nitrogens is 1. The number of nitrogens with zero attached hydrogens (tertiary/aromatic N) is 1. The van der Waals surface area contributed by atoms with Crippen molar-refractivity contribution in [2.45, 2.75) is 6.92 Å². The maximum Gasteiger partial charge on any atom is 0.256 e. The number of aryl methyl sites for hydroxylation is 1. The normalized spacial score (nSPS) is 9.67. The van der Waals surface area contributed by atoms with Gasteiger partial charge in [-0.05, 0) is 36.8 Å². The lowest BCUT2D eigenvalue weighted by atomic mass is 10.1. The summed E-state index contributed by atoms with van der Waals surface area (Å²) in [5, 5.41) is 11.9. The molecule has 0 aliphatic carbocycles. The lowest BCUT2D eigenvalue weighted by Gasteiger charge is -2.06. The minimum Gasteiger partial charge on any atom is -0.384 e. The summed E-state index contributed by atoms with van der Waals surface area (Å²) in [4.78, 5) is 16.2. The third-order valence-corrected chi connectivity index (χ3v) is 3.15. The quantitative estimate of drug-likeness (QED) is 0.838. The number of aliphatic hydroxyl groups is 1. The second-order valence-electron chi connectivity index (χ2n) is 4.31. The van der Waals surface area contributed by atoms with E-state index >= 15 is 0 Å². The molecule has 0 saturated carbocycles. The van der Waals surface area contributed by atoms with Crippen LogP contribution in [0.25, 0.3) is 0 Å². The minimum atomic E-state index is -0.295. The van der Waals surface area contributed by atoms with Crippen LogP contribution in [0.4, 0.5) is 5.82 Å². The first-order valence-electron chi connectivity index (χ1n) is 6.23. The Bertz CT molecular complexity index is 733. The number of rotatable bonds is 2. The van der Waals surface area contributed by atoms with Crippen molar-refractivity contribution >= 4 is 23.3 Å². The molecule has 0 aliphatic rings. The fourth-order valence-electron chi connectivity index (χ4n) is 1.64. The Morgan fingerprint density at radius 3 is 2.90 bits per heavy atom. The van der Waals surface area contributed by atoms with Crippen LogP contribution in [0, 0.1) is 18.8 Å². The van der Waals surface area contributed by atoms with E-state index in [1.54, 1.807) is 36.5 Å². The van der Waals surface area contributed by atoms with E-state index in [-0.39, 0.29) is 12.5 Å². The van der Waals surface area contributed by atoms with Crippen LogP contribution in [-0.2, 0) is 0 Å². The molecule has 21 heavy (non-hydrogen) atoms. The van der Waals surface area contributed by atoms with Crippen molar-refractivity contribution in [2.75, 3.05) is 11.9 Å². The molecule has 0 atom stereocenters. The highest BCUT2D eigenvalue weighted by atomic mass is 35.5. The summed E-state index contributed by atoms with van der Waals surface area (Å²) < 4.78 is 0. The largest absolute Gasteiger partial charge is 0.384 e. The molecule has 0 unspecified atom stereocenters. The topological polar surface area (TPSA) is 62.2 Å². The molecule has 1 amide bonds. The number of carbonyl (C=O) groups excluding carboxylic acids is 1. The molecule has 1 aromatic heterocycles. The molecular formula is C16H13ClN2O2. The number of anilines is 1. The molecule has 2 N–H and O–H groups in total. The Balaban J connectivity index is 2.17. The Hall–Kier alpha value is -2.35. The lowest BCUT2D eigenvalue weighted by molar-refractivity contribution is 0.102. The maximum atomic E-state index is 12.1. The number of halogens is 1. The van der Waals surface area contributed by atoms with Gasteiger partial charge in [-0.15, -0.1) is 0 Å². The van der Waals surface area contributed by atoms with Gasteiger partial charge in [-0.25, -0.2) is 4.98 Å². The molecule has 2 rings (SSSR count).